The molecule has 6 nitrogen and oxygen atoms in total. The number of hydrogen-bond donors (Lipinski definition) is 2. The van der Waals surface area contributed by atoms with E-state index in [4.69, 9.17) is 0 Å². The molecule has 3 amide bonds. The van der Waals surface area contributed by atoms with Crippen LogP contribution >= 0.6 is 0 Å². The first-order valence-corrected chi connectivity index (χ1v) is 11.2. The Labute approximate surface area is 185 Å². The van der Waals surface area contributed by atoms with Crippen molar-refractivity contribution >= 4 is 29.0 Å². The van der Waals surface area contributed by atoms with E-state index in [0.717, 1.165) is 73.6 Å². The zero-order chi connectivity index (χ0) is 22.2. The smallest absolute Gasteiger partial charge is 0.323 e. The molecule has 166 valence electrons. The number of hydrogen-bond acceptors (Lipinski definition) is 3. The van der Waals surface area contributed by atoms with E-state index in [2.05, 4.69) is 22.5 Å². The minimum absolute atomic E-state index is 0.250. The van der Waals surface area contributed by atoms with E-state index in [9.17, 15) is 9.59 Å². The maximum Gasteiger partial charge on any atom is 0.323 e. The standard InChI is InChI=1S/C25H34N4O2/c1-4-5-6-10-23(30)29-17-15-28(16-18-29)22-13-11-21(12-14-22)26-25(31)27-24-19(2)8-7-9-20(24)3/h7-9,11-14H,4-6,10,15-18H2,1-3H3,(H2,26,27,31). The molecular formula is C25H34N4O2. The molecule has 0 saturated carbocycles. The Morgan fingerprint density at radius 2 is 1.52 bits per heavy atom. The van der Waals surface area contributed by atoms with Crippen LogP contribution in [0.3, 0.4) is 0 Å². The molecule has 2 aromatic rings. The topological polar surface area (TPSA) is 64.7 Å². The number of amides is 3. The van der Waals surface area contributed by atoms with Crippen LogP contribution in [0.25, 0.3) is 0 Å². The minimum atomic E-state index is -0.250. The van der Waals surface area contributed by atoms with Crippen LogP contribution in [0.5, 0.6) is 0 Å². The molecule has 1 heterocycles. The van der Waals surface area contributed by atoms with E-state index >= 15 is 0 Å². The van der Waals surface area contributed by atoms with Gasteiger partial charge in [0, 0.05) is 49.7 Å². The van der Waals surface area contributed by atoms with E-state index in [-0.39, 0.29) is 11.9 Å². The lowest BCUT2D eigenvalue weighted by Crippen LogP contribution is -2.48. The van der Waals surface area contributed by atoms with Crippen molar-refractivity contribution in [2.45, 2.75) is 46.5 Å². The van der Waals surface area contributed by atoms with Gasteiger partial charge < -0.3 is 20.4 Å². The lowest BCUT2D eigenvalue weighted by molar-refractivity contribution is -0.131. The van der Waals surface area contributed by atoms with E-state index < -0.39 is 0 Å². The van der Waals surface area contributed by atoms with Gasteiger partial charge in [0.15, 0.2) is 0 Å². The first-order valence-electron chi connectivity index (χ1n) is 11.2. The van der Waals surface area contributed by atoms with Crippen LogP contribution in [-0.2, 0) is 4.79 Å². The number of nitrogens with zero attached hydrogens (tertiary/aromatic N) is 2. The molecule has 0 aromatic heterocycles. The molecule has 0 unspecified atom stereocenters. The fourth-order valence-electron chi connectivity index (χ4n) is 3.94. The number of anilines is 3. The van der Waals surface area contributed by atoms with Crippen molar-refractivity contribution in [3.05, 3.63) is 53.6 Å². The molecule has 0 spiro atoms. The predicted molar refractivity (Wildman–Crippen MR) is 128 cm³/mol. The van der Waals surface area contributed by atoms with Crippen molar-refractivity contribution in [1.82, 2.24) is 4.90 Å². The van der Waals surface area contributed by atoms with E-state index in [1.54, 1.807) is 0 Å². The van der Waals surface area contributed by atoms with E-state index in [1.165, 1.54) is 0 Å². The molecule has 2 N–H and O–H groups in total. The van der Waals surface area contributed by atoms with Gasteiger partial charge in [-0.05, 0) is 55.7 Å². The number of unbranched alkanes of at least 4 members (excludes halogenated alkanes) is 2. The Morgan fingerprint density at radius 1 is 0.871 bits per heavy atom. The second kappa shape index (κ2) is 10.8. The molecule has 1 aliphatic rings. The van der Waals surface area contributed by atoms with Crippen LogP contribution in [-0.4, -0.2) is 43.0 Å². The zero-order valence-corrected chi connectivity index (χ0v) is 18.9. The maximum absolute atomic E-state index is 12.4. The predicted octanol–water partition coefficient (Wildman–Crippen LogP) is 5.18. The molecule has 1 aliphatic heterocycles. The first kappa shape index (κ1) is 22.7. The fourth-order valence-corrected chi connectivity index (χ4v) is 3.94. The second-order valence-electron chi connectivity index (χ2n) is 8.22. The maximum atomic E-state index is 12.4. The normalized spacial score (nSPS) is 13.8. The number of aryl methyl sites for hydroxylation is 2. The fraction of sp³-hybridized carbons (Fsp3) is 0.440. The van der Waals surface area contributed by atoms with Crippen molar-refractivity contribution < 1.29 is 9.59 Å². The SMILES string of the molecule is CCCCCC(=O)N1CCN(c2ccc(NC(=O)Nc3c(C)cccc3C)cc2)CC1. The van der Waals surface area contributed by atoms with Crippen LogP contribution in [0.2, 0.25) is 0 Å². The van der Waals surface area contributed by atoms with Gasteiger partial charge in [0.05, 0.1) is 0 Å². The molecule has 0 aliphatic carbocycles. The van der Waals surface area contributed by atoms with Crippen LogP contribution in [0.1, 0.15) is 43.7 Å². The summed E-state index contributed by atoms with van der Waals surface area (Å²) in [5.74, 6) is 0.280. The van der Waals surface area contributed by atoms with E-state index in [1.807, 2.05) is 61.2 Å². The van der Waals surface area contributed by atoms with Gasteiger partial charge in [0.1, 0.15) is 0 Å². The summed E-state index contributed by atoms with van der Waals surface area (Å²) in [6.45, 7) is 9.32. The number of para-hydroxylation sites is 1. The first-order chi connectivity index (χ1) is 15.0. The molecule has 0 bridgehead atoms. The van der Waals surface area contributed by atoms with Gasteiger partial charge >= 0.3 is 6.03 Å². The molecule has 1 fully saturated rings. The third-order valence-electron chi connectivity index (χ3n) is 5.84. The highest BCUT2D eigenvalue weighted by Gasteiger charge is 2.20. The number of rotatable bonds is 7. The second-order valence-corrected chi connectivity index (χ2v) is 8.22. The van der Waals surface area contributed by atoms with Gasteiger partial charge in [0.2, 0.25) is 5.91 Å². The van der Waals surface area contributed by atoms with Gasteiger partial charge in [-0.25, -0.2) is 4.79 Å². The number of nitrogens with one attached hydrogen (secondary N) is 2. The molecule has 3 rings (SSSR count). The molecule has 31 heavy (non-hydrogen) atoms. The van der Waals surface area contributed by atoms with Gasteiger partial charge in [-0.2, -0.15) is 0 Å². The lowest BCUT2D eigenvalue weighted by Gasteiger charge is -2.36. The van der Waals surface area contributed by atoms with Gasteiger partial charge in [-0.15, -0.1) is 0 Å². The summed E-state index contributed by atoms with van der Waals surface area (Å²) in [6, 6.07) is 13.6. The molecule has 6 heteroatoms. The van der Waals surface area contributed by atoms with Crippen molar-refractivity contribution in [2.24, 2.45) is 0 Å². The lowest BCUT2D eigenvalue weighted by atomic mass is 10.1. The largest absolute Gasteiger partial charge is 0.368 e. The van der Waals surface area contributed by atoms with Crippen LogP contribution in [0.4, 0.5) is 21.9 Å². The average Bonchev–Trinajstić information content (AvgIpc) is 2.77. The molecular weight excluding hydrogens is 388 g/mol. The minimum Gasteiger partial charge on any atom is -0.368 e. The highest BCUT2D eigenvalue weighted by molar-refractivity contribution is 6.00. The zero-order valence-electron chi connectivity index (χ0n) is 18.9. The third kappa shape index (κ3) is 6.23. The summed E-state index contributed by atoms with van der Waals surface area (Å²) < 4.78 is 0. The quantitative estimate of drug-likeness (QED) is 0.605. The summed E-state index contributed by atoms with van der Waals surface area (Å²) in [6.07, 6.45) is 3.91. The number of piperazine rings is 1. The molecule has 2 aromatic carbocycles. The number of carbonyl (C=O) groups excluding carboxylic acids is 2. The Morgan fingerprint density at radius 3 is 2.13 bits per heavy atom. The Balaban J connectivity index is 1.49. The Hall–Kier alpha value is -3.02. The summed E-state index contributed by atoms with van der Waals surface area (Å²) >= 11 is 0. The average molecular weight is 423 g/mol. The van der Waals surface area contributed by atoms with Crippen LogP contribution in [0, 0.1) is 13.8 Å². The molecule has 0 atom stereocenters. The van der Waals surface area contributed by atoms with Crippen molar-refractivity contribution in [2.75, 3.05) is 41.7 Å². The van der Waals surface area contributed by atoms with Crippen molar-refractivity contribution in [3.8, 4) is 0 Å². The highest BCUT2D eigenvalue weighted by atomic mass is 16.2. The summed E-state index contributed by atoms with van der Waals surface area (Å²) in [5, 5.41) is 5.84. The van der Waals surface area contributed by atoms with Crippen LogP contribution < -0.4 is 15.5 Å². The summed E-state index contributed by atoms with van der Waals surface area (Å²) in [4.78, 5) is 29.0. The van der Waals surface area contributed by atoms with Gasteiger partial charge in [-0.3, -0.25) is 4.79 Å². The summed E-state index contributed by atoms with van der Waals surface area (Å²) in [7, 11) is 0. The Bertz CT molecular complexity index is 867. The van der Waals surface area contributed by atoms with Crippen molar-refractivity contribution in [1.29, 1.82) is 0 Å². The van der Waals surface area contributed by atoms with Gasteiger partial charge in [-0.1, -0.05) is 38.0 Å². The number of urea groups is 1. The molecule has 1 saturated heterocycles. The Kier molecular flexibility index (Phi) is 7.93. The van der Waals surface area contributed by atoms with Crippen molar-refractivity contribution in [3.63, 3.8) is 0 Å². The number of benzene rings is 2. The summed E-state index contributed by atoms with van der Waals surface area (Å²) in [5.41, 5.74) is 4.77. The van der Waals surface area contributed by atoms with E-state index in [0.29, 0.717) is 6.42 Å². The molecule has 0 radical (unpaired) electrons. The third-order valence-corrected chi connectivity index (χ3v) is 5.84. The highest BCUT2D eigenvalue weighted by Crippen LogP contribution is 2.22. The number of carbonyl (C=O) groups is 2. The van der Waals surface area contributed by atoms with Gasteiger partial charge in [0.25, 0.3) is 0 Å². The van der Waals surface area contributed by atoms with Crippen LogP contribution in [0.15, 0.2) is 42.5 Å². The monoisotopic (exact) mass is 422 g/mol.